The van der Waals surface area contributed by atoms with E-state index in [0.717, 1.165) is 11.8 Å². The number of methoxy groups -OCH3 is 1. The van der Waals surface area contributed by atoms with Gasteiger partial charge in [0.2, 0.25) is 10.0 Å². The molecule has 0 heterocycles. The van der Waals surface area contributed by atoms with Gasteiger partial charge in [0, 0.05) is 6.54 Å². The Kier molecular flexibility index (Phi) is 6.18. The number of esters is 1. The number of carbonyl (C=O) groups excluding carboxylic acids is 1. The zero-order valence-electron chi connectivity index (χ0n) is 13.7. The molecule has 1 atom stereocenters. The van der Waals surface area contributed by atoms with Crippen molar-refractivity contribution >= 4 is 16.0 Å². The first-order valence-corrected chi connectivity index (χ1v) is 9.92. The molecule has 1 saturated carbocycles. The highest BCUT2D eigenvalue weighted by Gasteiger charge is 2.23. The molecule has 1 aromatic carbocycles. The van der Waals surface area contributed by atoms with Gasteiger partial charge in [0.05, 0.1) is 19.3 Å². The quantitative estimate of drug-likeness (QED) is 0.809. The van der Waals surface area contributed by atoms with Crippen molar-refractivity contribution in [2.45, 2.75) is 43.9 Å². The van der Waals surface area contributed by atoms with Crippen LogP contribution in [0.5, 0.6) is 0 Å². The summed E-state index contributed by atoms with van der Waals surface area (Å²) in [5, 5.41) is 0. The monoisotopic (exact) mass is 339 g/mol. The van der Waals surface area contributed by atoms with Gasteiger partial charge in [-0.3, -0.25) is 4.79 Å². The maximum atomic E-state index is 12.0. The Morgan fingerprint density at radius 2 is 1.83 bits per heavy atom. The molecule has 2 rings (SSSR count). The van der Waals surface area contributed by atoms with Crippen molar-refractivity contribution in [3.63, 3.8) is 0 Å². The van der Waals surface area contributed by atoms with Gasteiger partial charge in [-0.05, 0) is 29.9 Å². The first-order valence-electron chi connectivity index (χ1n) is 8.03. The molecule has 0 aromatic heterocycles. The Morgan fingerprint density at radius 1 is 1.22 bits per heavy atom. The van der Waals surface area contributed by atoms with E-state index in [1.807, 2.05) is 12.1 Å². The second kappa shape index (κ2) is 7.93. The van der Waals surface area contributed by atoms with Crippen LogP contribution in [0, 0.1) is 0 Å². The van der Waals surface area contributed by atoms with E-state index in [0.29, 0.717) is 5.92 Å². The van der Waals surface area contributed by atoms with Crippen molar-refractivity contribution in [3.05, 3.63) is 35.4 Å². The summed E-state index contributed by atoms with van der Waals surface area (Å²) in [5.41, 5.74) is 2.07. The fourth-order valence-electron chi connectivity index (χ4n) is 3.15. The fourth-order valence-corrected chi connectivity index (χ4v) is 3.62. The van der Waals surface area contributed by atoms with Crippen LogP contribution < -0.4 is 4.72 Å². The van der Waals surface area contributed by atoms with Gasteiger partial charge < -0.3 is 4.74 Å². The van der Waals surface area contributed by atoms with Gasteiger partial charge >= 0.3 is 5.97 Å². The van der Waals surface area contributed by atoms with Crippen LogP contribution in [0.1, 0.15) is 55.1 Å². The molecule has 1 aromatic rings. The van der Waals surface area contributed by atoms with Crippen LogP contribution in [-0.2, 0) is 19.6 Å². The first kappa shape index (κ1) is 17.9. The van der Waals surface area contributed by atoms with E-state index in [-0.39, 0.29) is 6.54 Å². The molecule has 0 saturated heterocycles. The van der Waals surface area contributed by atoms with Crippen molar-refractivity contribution in [3.8, 4) is 0 Å². The van der Waals surface area contributed by atoms with E-state index in [4.69, 9.17) is 4.74 Å². The summed E-state index contributed by atoms with van der Waals surface area (Å²) in [7, 11) is -2.04. The van der Waals surface area contributed by atoms with Crippen molar-refractivity contribution in [2.24, 2.45) is 0 Å². The number of carbonyl (C=O) groups is 1. The highest BCUT2D eigenvalue weighted by molar-refractivity contribution is 7.88. The summed E-state index contributed by atoms with van der Waals surface area (Å²) in [5.74, 6) is -0.467. The molecule has 0 aliphatic heterocycles. The van der Waals surface area contributed by atoms with Gasteiger partial charge in [0.25, 0.3) is 0 Å². The van der Waals surface area contributed by atoms with Crippen molar-refractivity contribution in [1.82, 2.24) is 4.72 Å². The zero-order chi connectivity index (χ0) is 16.9. The van der Waals surface area contributed by atoms with Crippen LogP contribution in [0.4, 0.5) is 0 Å². The SMILES string of the molecule is COC(=O)C(CNS(C)(=O)=O)c1ccc(C2CCCCC2)cc1. The highest BCUT2D eigenvalue weighted by atomic mass is 32.2. The molecule has 128 valence electrons. The molecular weight excluding hydrogens is 314 g/mol. The van der Waals surface area contributed by atoms with Crippen LogP contribution >= 0.6 is 0 Å². The number of hydrogen-bond donors (Lipinski definition) is 1. The van der Waals surface area contributed by atoms with Crippen molar-refractivity contribution in [2.75, 3.05) is 19.9 Å². The van der Waals surface area contributed by atoms with E-state index in [9.17, 15) is 13.2 Å². The Balaban J connectivity index is 2.13. The summed E-state index contributed by atoms with van der Waals surface area (Å²) in [6.45, 7) is 0.00822. The molecule has 0 amide bonds. The summed E-state index contributed by atoms with van der Waals surface area (Å²) >= 11 is 0. The molecular formula is C17H25NO4S. The molecule has 0 bridgehead atoms. The highest BCUT2D eigenvalue weighted by Crippen LogP contribution is 2.33. The lowest BCUT2D eigenvalue weighted by atomic mass is 9.83. The van der Waals surface area contributed by atoms with E-state index in [2.05, 4.69) is 16.9 Å². The number of ether oxygens (including phenoxy) is 1. The molecule has 23 heavy (non-hydrogen) atoms. The predicted octanol–water partition coefficient (Wildman–Crippen LogP) is 2.54. The zero-order valence-corrected chi connectivity index (χ0v) is 14.6. The van der Waals surface area contributed by atoms with Gasteiger partial charge in [-0.15, -0.1) is 0 Å². The molecule has 1 N–H and O–H groups in total. The number of benzene rings is 1. The number of sulfonamides is 1. The van der Waals surface area contributed by atoms with Gasteiger partial charge in [-0.1, -0.05) is 43.5 Å². The van der Waals surface area contributed by atoms with E-state index in [1.54, 1.807) is 0 Å². The Bertz CT molecular complexity index is 618. The molecule has 1 aliphatic rings. The second-order valence-corrected chi connectivity index (χ2v) is 8.03. The maximum Gasteiger partial charge on any atom is 0.314 e. The minimum absolute atomic E-state index is 0.00822. The van der Waals surface area contributed by atoms with Gasteiger partial charge in [-0.2, -0.15) is 0 Å². The lowest BCUT2D eigenvalue weighted by Crippen LogP contribution is -2.31. The van der Waals surface area contributed by atoms with E-state index >= 15 is 0 Å². The van der Waals surface area contributed by atoms with Crippen LogP contribution in [0.25, 0.3) is 0 Å². The van der Waals surface area contributed by atoms with E-state index < -0.39 is 21.9 Å². The summed E-state index contributed by atoms with van der Waals surface area (Å²) in [6.07, 6.45) is 7.37. The smallest absolute Gasteiger partial charge is 0.314 e. The van der Waals surface area contributed by atoms with Gasteiger partial charge in [0.15, 0.2) is 0 Å². The maximum absolute atomic E-state index is 12.0. The minimum Gasteiger partial charge on any atom is -0.469 e. The third-order valence-electron chi connectivity index (χ3n) is 4.45. The normalized spacial score (nSPS) is 17.7. The largest absolute Gasteiger partial charge is 0.469 e. The Labute approximate surface area is 138 Å². The fraction of sp³-hybridized carbons (Fsp3) is 0.588. The molecule has 1 unspecified atom stereocenters. The van der Waals surface area contributed by atoms with Crippen molar-refractivity contribution < 1.29 is 17.9 Å². The third kappa shape index (κ3) is 5.32. The molecule has 5 nitrogen and oxygen atoms in total. The lowest BCUT2D eigenvalue weighted by molar-refractivity contribution is -0.142. The van der Waals surface area contributed by atoms with Crippen LogP contribution in [0.3, 0.4) is 0 Å². The molecule has 1 aliphatic carbocycles. The number of rotatable bonds is 6. The minimum atomic E-state index is -3.35. The molecule has 0 spiro atoms. The number of hydrogen-bond acceptors (Lipinski definition) is 4. The Morgan fingerprint density at radius 3 is 2.35 bits per heavy atom. The average Bonchev–Trinajstić information content (AvgIpc) is 2.55. The number of nitrogens with one attached hydrogen (secondary N) is 1. The van der Waals surface area contributed by atoms with Gasteiger partial charge in [-0.25, -0.2) is 13.1 Å². The standard InChI is InChI=1S/C17H25NO4S/c1-22-17(19)16(12-18-23(2,20)21)15-10-8-14(9-11-15)13-6-4-3-5-7-13/h8-11,13,16,18H,3-7,12H2,1-2H3. The summed E-state index contributed by atoms with van der Waals surface area (Å²) in [6, 6.07) is 7.94. The average molecular weight is 339 g/mol. The second-order valence-electron chi connectivity index (χ2n) is 6.20. The predicted molar refractivity (Wildman–Crippen MR) is 89.9 cm³/mol. The third-order valence-corrected chi connectivity index (χ3v) is 5.14. The molecule has 1 fully saturated rings. The topological polar surface area (TPSA) is 72.5 Å². The first-order chi connectivity index (χ1) is 10.9. The van der Waals surface area contributed by atoms with Crippen LogP contribution in [0.15, 0.2) is 24.3 Å². The summed E-state index contributed by atoms with van der Waals surface area (Å²) < 4.78 is 29.7. The van der Waals surface area contributed by atoms with E-state index in [1.165, 1.54) is 44.8 Å². The lowest BCUT2D eigenvalue weighted by Gasteiger charge is -2.22. The van der Waals surface area contributed by atoms with Crippen molar-refractivity contribution in [1.29, 1.82) is 0 Å². The summed E-state index contributed by atoms with van der Waals surface area (Å²) in [4.78, 5) is 12.0. The van der Waals surface area contributed by atoms with Gasteiger partial charge in [0.1, 0.15) is 0 Å². The molecule has 0 radical (unpaired) electrons. The molecule has 6 heteroatoms. The Hall–Kier alpha value is -1.40. The van der Waals surface area contributed by atoms with Crippen LogP contribution in [0.2, 0.25) is 0 Å². The van der Waals surface area contributed by atoms with Crippen LogP contribution in [-0.4, -0.2) is 34.3 Å².